The minimum Gasteiger partial charge on any atom is -0.481 e. The van der Waals surface area contributed by atoms with Crippen LogP contribution in [0.25, 0.3) is 0 Å². The number of amides is 4. The Hall–Kier alpha value is -3.26. The molecule has 0 aromatic rings. The molecule has 0 radical (unpaired) electrons. The first-order chi connectivity index (χ1) is 15.0. The first kappa shape index (κ1) is 26.8. The Bertz CT molecular complexity index is 744. The van der Waals surface area contributed by atoms with Crippen LogP contribution < -0.4 is 22.1 Å². The van der Waals surface area contributed by atoms with Gasteiger partial charge in [0.15, 0.2) is 0 Å². The average Bonchev–Trinajstić information content (AvgIpc) is 3.21. The molecule has 4 unspecified atom stereocenters. The summed E-state index contributed by atoms with van der Waals surface area (Å²) in [6, 6.07) is -5.08. The smallest absolute Gasteiger partial charge is 0.326 e. The van der Waals surface area contributed by atoms with Gasteiger partial charge in [0.1, 0.15) is 24.2 Å². The number of hydrogen-bond donors (Lipinski definition) is 7. The van der Waals surface area contributed by atoms with Crippen LogP contribution in [0.4, 0.5) is 0 Å². The molecule has 9 N–H and O–H groups in total. The number of nitrogens with zero attached hydrogens (tertiary/aromatic N) is 1. The van der Waals surface area contributed by atoms with Crippen molar-refractivity contribution in [2.24, 2.45) is 11.5 Å². The molecule has 1 aliphatic rings. The van der Waals surface area contributed by atoms with Gasteiger partial charge < -0.3 is 42.3 Å². The summed E-state index contributed by atoms with van der Waals surface area (Å²) in [5.41, 5.74) is 10.5. The molecule has 1 aliphatic heterocycles. The Morgan fingerprint density at radius 2 is 1.62 bits per heavy atom. The van der Waals surface area contributed by atoms with E-state index in [9.17, 15) is 33.9 Å². The van der Waals surface area contributed by atoms with E-state index < -0.39 is 72.8 Å². The largest absolute Gasteiger partial charge is 0.481 e. The highest BCUT2D eigenvalue weighted by atomic mass is 16.4. The SMILES string of the molecule is NC(=O)CCC(NC(=O)C(CCC(=O)O)NC(=O)C1CCCN1C(=O)C(N)CO)C(=O)O. The van der Waals surface area contributed by atoms with E-state index in [2.05, 4.69) is 10.6 Å². The molecule has 4 amide bonds. The minimum atomic E-state index is -1.48. The highest BCUT2D eigenvalue weighted by Crippen LogP contribution is 2.19. The maximum Gasteiger partial charge on any atom is 0.326 e. The normalized spacial score (nSPS) is 18.3. The Balaban J connectivity index is 2.93. The third-order valence-electron chi connectivity index (χ3n) is 4.93. The first-order valence-electron chi connectivity index (χ1n) is 9.98. The standard InChI is InChI=1S/C18H29N5O9/c19-9(8-24)17(30)23-7-1-2-12(23)16(29)21-10(4-6-14(26)27)15(28)22-11(18(31)32)3-5-13(20)25/h9-12,24H,1-8,19H2,(H2,20,25)(H,21,29)(H,22,28)(H,26,27)(H,31,32). The van der Waals surface area contributed by atoms with E-state index in [1.165, 1.54) is 4.90 Å². The van der Waals surface area contributed by atoms with Gasteiger partial charge in [-0.05, 0) is 25.7 Å². The molecule has 14 heteroatoms. The summed E-state index contributed by atoms with van der Waals surface area (Å²) in [4.78, 5) is 72.0. The number of carbonyl (C=O) groups is 6. The Kier molecular flexibility index (Phi) is 10.5. The third-order valence-corrected chi connectivity index (χ3v) is 4.93. The lowest BCUT2D eigenvalue weighted by Crippen LogP contribution is -2.57. The molecule has 0 aromatic heterocycles. The molecule has 1 rings (SSSR count). The van der Waals surface area contributed by atoms with Gasteiger partial charge in [0.05, 0.1) is 6.61 Å². The lowest BCUT2D eigenvalue weighted by Gasteiger charge is -2.28. The number of aliphatic hydroxyl groups excluding tert-OH is 1. The molecule has 1 fully saturated rings. The van der Waals surface area contributed by atoms with Crippen molar-refractivity contribution in [3.8, 4) is 0 Å². The van der Waals surface area contributed by atoms with Gasteiger partial charge >= 0.3 is 11.9 Å². The lowest BCUT2D eigenvalue weighted by atomic mass is 10.1. The van der Waals surface area contributed by atoms with Gasteiger partial charge in [-0.15, -0.1) is 0 Å². The summed E-state index contributed by atoms with van der Waals surface area (Å²) < 4.78 is 0. The summed E-state index contributed by atoms with van der Waals surface area (Å²) in [5, 5.41) is 31.8. The van der Waals surface area contributed by atoms with Crippen LogP contribution in [-0.4, -0.2) is 93.1 Å². The maximum atomic E-state index is 12.8. The second kappa shape index (κ2) is 12.6. The Morgan fingerprint density at radius 3 is 2.16 bits per heavy atom. The number of likely N-dealkylation sites (tertiary alicyclic amines) is 1. The number of carboxylic acids is 2. The van der Waals surface area contributed by atoms with E-state index in [-0.39, 0.29) is 32.2 Å². The average molecular weight is 459 g/mol. The molecule has 180 valence electrons. The molecule has 1 heterocycles. The molecule has 0 bridgehead atoms. The quantitative estimate of drug-likeness (QED) is 0.143. The zero-order valence-electron chi connectivity index (χ0n) is 17.4. The van der Waals surface area contributed by atoms with Crippen molar-refractivity contribution in [2.45, 2.75) is 62.7 Å². The van der Waals surface area contributed by atoms with Gasteiger partial charge in [-0.25, -0.2) is 4.79 Å². The van der Waals surface area contributed by atoms with Crippen LogP contribution in [0, 0.1) is 0 Å². The topological polar surface area (TPSA) is 242 Å². The van der Waals surface area contributed by atoms with E-state index in [1.807, 2.05) is 0 Å². The number of aliphatic carboxylic acids is 2. The lowest BCUT2D eigenvalue weighted by molar-refractivity contribution is -0.144. The van der Waals surface area contributed by atoms with Crippen molar-refractivity contribution in [1.29, 1.82) is 0 Å². The van der Waals surface area contributed by atoms with Crippen LogP contribution in [0.5, 0.6) is 0 Å². The predicted octanol–water partition coefficient (Wildman–Crippen LogP) is -3.52. The van der Waals surface area contributed by atoms with Gasteiger partial charge in [0.2, 0.25) is 23.6 Å². The van der Waals surface area contributed by atoms with Gasteiger partial charge in [-0.1, -0.05) is 0 Å². The highest BCUT2D eigenvalue weighted by Gasteiger charge is 2.37. The predicted molar refractivity (Wildman–Crippen MR) is 107 cm³/mol. The Labute approximate surface area is 183 Å². The molecule has 0 spiro atoms. The fraction of sp³-hybridized carbons (Fsp3) is 0.667. The summed E-state index contributed by atoms with van der Waals surface area (Å²) in [6.07, 6.45) is -0.707. The molecule has 0 aromatic carbocycles. The third kappa shape index (κ3) is 8.11. The first-order valence-corrected chi connectivity index (χ1v) is 9.98. The van der Waals surface area contributed by atoms with Crippen molar-refractivity contribution in [2.75, 3.05) is 13.2 Å². The van der Waals surface area contributed by atoms with Crippen LogP contribution in [0.3, 0.4) is 0 Å². The summed E-state index contributed by atoms with van der Waals surface area (Å²) in [6.45, 7) is -0.403. The number of hydrogen-bond acceptors (Lipinski definition) is 8. The van der Waals surface area contributed by atoms with E-state index in [0.717, 1.165) is 0 Å². The molecule has 1 saturated heterocycles. The van der Waals surface area contributed by atoms with Crippen molar-refractivity contribution in [3.05, 3.63) is 0 Å². The molecule has 0 saturated carbocycles. The monoisotopic (exact) mass is 459 g/mol. The highest BCUT2D eigenvalue weighted by molar-refractivity contribution is 5.94. The summed E-state index contributed by atoms with van der Waals surface area (Å²) >= 11 is 0. The molecular formula is C18H29N5O9. The van der Waals surface area contributed by atoms with Crippen molar-refractivity contribution < 1.29 is 44.1 Å². The minimum absolute atomic E-state index is 0.213. The van der Waals surface area contributed by atoms with Crippen LogP contribution >= 0.6 is 0 Å². The zero-order chi connectivity index (χ0) is 24.4. The Morgan fingerprint density at radius 1 is 1.00 bits per heavy atom. The number of nitrogens with one attached hydrogen (secondary N) is 2. The van der Waals surface area contributed by atoms with E-state index >= 15 is 0 Å². The number of nitrogens with two attached hydrogens (primary N) is 2. The van der Waals surface area contributed by atoms with Gasteiger partial charge in [0.25, 0.3) is 0 Å². The number of rotatable bonds is 13. The molecule has 14 nitrogen and oxygen atoms in total. The van der Waals surface area contributed by atoms with Crippen molar-refractivity contribution in [3.63, 3.8) is 0 Å². The maximum absolute atomic E-state index is 12.8. The van der Waals surface area contributed by atoms with Gasteiger partial charge in [0, 0.05) is 19.4 Å². The number of aliphatic hydroxyl groups is 1. The van der Waals surface area contributed by atoms with Crippen LogP contribution in [-0.2, 0) is 28.8 Å². The molecule has 4 atom stereocenters. The van der Waals surface area contributed by atoms with Gasteiger partial charge in [-0.2, -0.15) is 0 Å². The van der Waals surface area contributed by atoms with Crippen molar-refractivity contribution >= 4 is 35.6 Å². The zero-order valence-corrected chi connectivity index (χ0v) is 17.4. The fourth-order valence-electron chi connectivity index (χ4n) is 3.21. The number of carboxylic acid groups (broad SMARTS) is 2. The van der Waals surface area contributed by atoms with Crippen LogP contribution in [0.2, 0.25) is 0 Å². The summed E-state index contributed by atoms with van der Waals surface area (Å²) in [5.74, 6) is -5.79. The number of primary amides is 1. The fourth-order valence-corrected chi connectivity index (χ4v) is 3.21. The summed E-state index contributed by atoms with van der Waals surface area (Å²) in [7, 11) is 0. The second-order valence-corrected chi connectivity index (χ2v) is 7.38. The van der Waals surface area contributed by atoms with Crippen molar-refractivity contribution in [1.82, 2.24) is 15.5 Å². The van der Waals surface area contributed by atoms with Gasteiger partial charge in [-0.3, -0.25) is 24.0 Å². The van der Waals surface area contributed by atoms with E-state index in [1.54, 1.807) is 0 Å². The molecular weight excluding hydrogens is 430 g/mol. The second-order valence-electron chi connectivity index (χ2n) is 7.38. The van der Waals surface area contributed by atoms with E-state index in [0.29, 0.717) is 6.42 Å². The van der Waals surface area contributed by atoms with Crippen LogP contribution in [0.1, 0.15) is 38.5 Å². The number of carbonyl (C=O) groups excluding carboxylic acids is 4. The molecule has 32 heavy (non-hydrogen) atoms. The molecule has 0 aliphatic carbocycles. The van der Waals surface area contributed by atoms with Crippen LogP contribution in [0.15, 0.2) is 0 Å². The van der Waals surface area contributed by atoms with E-state index in [4.69, 9.17) is 21.7 Å².